The van der Waals surface area contributed by atoms with Crippen molar-refractivity contribution in [2.45, 2.75) is 31.7 Å². The molecule has 1 atom stereocenters. The van der Waals surface area contributed by atoms with Crippen LogP contribution in [0.5, 0.6) is 0 Å². The van der Waals surface area contributed by atoms with Gasteiger partial charge in [-0.1, -0.05) is 6.42 Å². The first-order valence-electron chi connectivity index (χ1n) is 6.12. The zero-order valence-corrected chi connectivity index (χ0v) is 10.4. The summed E-state index contributed by atoms with van der Waals surface area (Å²) in [6.45, 7) is 2.40. The van der Waals surface area contributed by atoms with E-state index in [9.17, 15) is 9.00 Å². The number of hydrogen-bond acceptors (Lipinski definition) is 3. The number of piperidine rings is 1. The first-order chi connectivity index (χ1) is 7.75. The third-order valence-electron chi connectivity index (χ3n) is 3.36. The molecule has 2 saturated heterocycles. The molecule has 0 spiro atoms. The van der Waals surface area contributed by atoms with E-state index in [1.807, 2.05) is 4.90 Å². The summed E-state index contributed by atoms with van der Waals surface area (Å²) < 4.78 is 11.2. The summed E-state index contributed by atoms with van der Waals surface area (Å²) in [5, 5.41) is 3.39. The van der Waals surface area contributed by atoms with E-state index >= 15 is 0 Å². The quantitative estimate of drug-likeness (QED) is 0.750. The first-order valence-corrected chi connectivity index (χ1v) is 7.60. The van der Waals surface area contributed by atoms with Crippen molar-refractivity contribution in [3.63, 3.8) is 0 Å². The van der Waals surface area contributed by atoms with Gasteiger partial charge in [-0.05, 0) is 19.4 Å². The summed E-state index contributed by atoms with van der Waals surface area (Å²) in [4.78, 5) is 13.8. The molecular formula is C11H20N2O2S. The van der Waals surface area contributed by atoms with Gasteiger partial charge in [0, 0.05) is 47.9 Å². The number of nitrogens with zero attached hydrogens (tertiary/aromatic N) is 1. The highest BCUT2D eigenvalue weighted by molar-refractivity contribution is 7.85. The predicted molar refractivity (Wildman–Crippen MR) is 64.7 cm³/mol. The highest BCUT2D eigenvalue weighted by atomic mass is 32.2. The van der Waals surface area contributed by atoms with Crippen molar-refractivity contribution in [3.8, 4) is 0 Å². The Balaban J connectivity index is 1.76. The highest BCUT2D eigenvalue weighted by Crippen LogP contribution is 2.12. The molecule has 16 heavy (non-hydrogen) atoms. The standard InChI is InChI=1S/C11H20N2O2S/c14-11(9-10-3-1-2-4-12-10)13-5-7-16(15)8-6-13/h10,12H,1-9H2. The molecule has 1 N–H and O–H groups in total. The lowest BCUT2D eigenvalue weighted by Gasteiger charge is -2.29. The maximum atomic E-state index is 12.0. The van der Waals surface area contributed by atoms with Crippen molar-refractivity contribution in [3.05, 3.63) is 0 Å². The fourth-order valence-electron chi connectivity index (χ4n) is 2.33. The van der Waals surface area contributed by atoms with Gasteiger partial charge in [-0.25, -0.2) is 0 Å². The zero-order chi connectivity index (χ0) is 11.4. The van der Waals surface area contributed by atoms with Crippen LogP contribution in [0, 0.1) is 0 Å². The highest BCUT2D eigenvalue weighted by Gasteiger charge is 2.23. The fraction of sp³-hybridized carbons (Fsp3) is 0.909. The molecule has 0 aliphatic carbocycles. The first kappa shape index (κ1) is 12.0. The predicted octanol–water partition coefficient (Wildman–Crippen LogP) is 0.110. The van der Waals surface area contributed by atoms with Crippen LogP contribution in [-0.4, -0.2) is 52.2 Å². The molecule has 4 nitrogen and oxygen atoms in total. The average Bonchev–Trinajstić information content (AvgIpc) is 2.31. The van der Waals surface area contributed by atoms with Crippen LogP contribution in [0.2, 0.25) is 0 Å². The summed E-state index contributed by atoms with van der Waals surface area (Å²) in [5.41, 5.74) is 0. The number of rotatable bonds is 2. The number of carbonyl (C=O) groups is 1. The summed E-state index contributed by atoms with van der Waals surface area (Å²) >= 11 is 0. The van der Waals surface area contributed by atoms with Gasteiger partial charge in [-0.15, -0.1) is 0 Å². The second-order valence-corrected chi connectivity index (χ2v) is 6.28. The lowest BCUT2D eigenvalue weighted by Crippen LogP contribution is -2.45. The largest absolute Gasteiger partial charge is 0.341 e. The second kappa shape index (κ2) is 5.77. The lowest BCUT2D eigenvalue weighted by atomic mass is 10.0. The minimum atomic E-state index is -0.694. The smallest absolute Gasteiger partial charge is 0.224 e. The van der Waals surface area contributed by atoms with E-state index in [1.165, 1.54) is 12.8 Å². The molecule has 1 unspecified atom stereocenters. The summed E-state index contributed by atoms with van der Waals surface area (Å²) in [6, 6.07) is 0.369. The molecule has 1 amide bonds. The van der Waals surface area contributed by atoms with Gasteiger partial charge >= 0.3 is 0 Å². The molecule has 2 heterocycles. The SMILES string of the molecule is O=C(CC1CCCCN1)N1CCS(=O)CC1. The summed E-state index contributed by atoms with van der Waals surface area (Å²) in [6.07, 6.45) is 4.19. The molecule has 0 aromatic rings. The van der Waals surface area contributed by atoms with Gasteiger partial charge < -0.3 is 10.2 Å². The Morgan fingerprint density at radius 3 is 2.69 bits per heavy atom. The molecule has 2 rings (SSSR count). The molecular weight excluding hydrogens is 224 g/mol. The Bertz CT molecular complexity index is 267. The fourth-order valence-corrected chi connectivity index (χ4v) is 3.38. The van der Waals surface area contributed by atoms with Gasteiger partial charge in [-0.2, -0.15) is 0 Å². The molecule has 0 aromatic heterocycles. The maximum absolute atomic E-state index is 12.0. The van der Waals surface area contributed by atoms with Crippen molar-refractivity contribution >= 4 is 16.7 Å². The van der Waals surface area contributed by atoms with Gasteiger partial charge in [0.15, 0.2) is 0 Å². The molecule has 0 saturated carbocycles. The van der Waals surface area contributed by atoms with Gasteiger partial charge in [0.05, 0.1) is 0 Å². The van der Waals surface area contributed by atoms with Crippen LogP contribution in [-0.2, 0) is 15.6 Å². The number of hydrogen-bond donors (Lipinski definition) is 1. The molecule has 2 aliphatic heterocycles. The average molecular weight is 244 g/mol. The van der Waals surface area contributed by atoms with Crippen LogP contribution in [0.1, 0.15) is 25.7 Å². The zero-order valence-electron chi connectivity index (χ0n) is 9.61. The van der Waals surface area contributed by atoms with Gasteiger partial charge in [0.2, 0.25) is 5.91 Å². The van der Waals surface area contributed by atoms with Crippen LogP contribution >= 0.6 is 0 Å². The molecule has 92 valence electrons. The van der Waals surface area contributed by atoms with E-state index < -0.39 is 10.8 Å². The Labute approximate surface area is 99.2 Å². The van der Waals surface area contributed by atoms with Crippen molar-refractivity contribution in [2.75, 3.05) is 31.1 Å². The minimum absolute atomic E-state index is 0.233. The molecule has 5 heteroatoms. The van der Waals surface area contributed by atoms with Crippen molar-refractivity contribution in [2.24, 2.45) is 0 Å². The Kier molecular flexibility index (Phi) is 4.35. The van der Waals surface area contributed by atoms with Crippen molar-refractivity contribution in [1.82, 2.24) is 10.2 Å². The van der Waals surface area contributed by atoms with E-state index in [2.05, 4.69) is 5.32 Å². The van der Waals surface area contributed by atoms with E-state index in [0.717, 1.165) is 13.0 Å². The lowest BCUT2D eigenvalue weighted by molar-refractivity contribution is -0.131. The topological polar surface area (TPSA) is 49.4 Å². The number of amides is 1. The molecule has 0 aromatic carbocycles. The summed E-state index contributed by atoms with van der Waals surface area (Å²) in [7, 11) is -0.694. The number of carbonyl (C=O) groups excluding carboxylic acids is 1. The molecule has 0 radical (unpaired) electrons. The van der Waals surface area contributed by atoms with Crippen LogP contribution < -0.4 is 5.32 Å². The molecule has 0 bridgehead atoms. The third-order valence-corrected chi connectivity index (χ3v) is 4.64. The molecule has 2 aliphatic rings. The van der Waals surface area contributed by atoms with Crippen molar-refractivity contribution < 1.29 is 9.00 Å². The second-order valence-electron chi connectivity index (χ2n) is 4.58. The van der Waals surface area contributed by atoms with Crippen LogP contribution in [0.15, 0.2) is 0 Å². The van der Waals surface area contributed by atoms with Gasteiger partial charge in [0.25, 0.3) is 0 Å². The Morgan fingerprint density at radius 2 is 2.06 bits per heavy atom. The van der Waals surface area contributed by atoms with E-state index in [1.54, 1.807) is 0 Å². The number of nitrogens with one attached hydrogen (secondary N) is 1. The minimum Gasteiger partial charge on any atom is -0.341 e. The monoisotopic (exact) mass is 244 g/mol. The maximum Gasteiger partial charge on any atom is 0.224 e. The normalized spacial score (nSPS) is 28.0. The van der Waals surface area contributed by atoms with E-state index in [-0.39, 0.29) is 5.91 Å². The van der Waals surface area contributed by atoms with E-state index in [0.29, 0.717) is 37.1 Å². The van der Waals surface area contributed by atoms with Crippen molar-refractivity contribution in [1.29, 1.82) is 0 Å². The van der Waals surface area contributed by atoms with Crippen LogP contribution in [0.3, 0.4) is 0 Å². The van der Waals surface area contributed by atoms with E-state index in [4.69, 9.17) is 0 Å². The Morgan fingerprint density at radius 1 is 1.31 bits per heavy atom. The van der Waals surface area contributed by atoms with Crippen LogP contribution in [0.4, 0.5) is 0 Å². The summed E-state index contributed by atoms with van der Waals surface area (Å²) in [5.74, 6) is 1.55. The molecule has 2 fully saturated rings. The third kappa shape index (κ3) is 3.28. The van der Waals surface area contributed by atoms with Gasteiger partial charge in [-0.3, -0.25) is 9.00 Å². The van der Waals surface area contributed by atoms with Gasteiger partial charge in [0.1, 0.15) is 0 Å². The van der Waals surface area contributed by atoms with Crippen LogP contribution in [0.25, 0.3) is 0 Å². The Hall–Kier alpha value is -0.420.